The lowest BCUT2D eigenvalue weighted by molar-refractivity contribution is -0.114. The van der Waals surface area contributed by atoms with Crippen LogP contribution in [0.3, 0.4) is 0 Å². The van der Waals surface area contributed by atoms with Crippen molar-refractivity contribution < 1.29 is 18.7 Å². The summed E-state index contributed by atoms with van der Waals surface area (Å²) in [4.78, 5) is 25.1. The molecule has 0 bridgehead atoms. The van der Waals surface area contributed by atoms with Crippen LogP contribution in [0.2, 0.25) is 5.02 Å². The number of rotatable bonds is 10. The first-order chi connectivity index (χ1) is 19.8. The van der Waals surface area contributed by atoms with Crippen LogP contribution >= 0.6 is 11.6 Å². The summed E-state index contributed by atoms with van der Waals surface area (Å²) in [5.74, 6) is -1.15. The molecule has 1 aromatic heterocycles. The van der Waals surface area contributed by atoms with Crippen LogP contribution in [0.15, 0.2) is 66.9 Å². The van der Waals surface area contributed by atoms with Gasteiger partial charge in [-0.1, -0.05) is 29.8 Å². The van der Waals surface area contributed by atoms with Gasteiger partial charge in [0.15, 0.2) is 0 Å². The molecule has 6 rings (SSSR count). The highest BCUT2D eigenvalue weighted by Gasteiger charge is 2.24. The van der Waals surface area contributed by atoms with Crippen LogP contribution in [0.4, 0.5) is 4.39 Å². The third-order valence-electron chi connectivity index (χ3n) is 7.25. The van der Waals surface area contributed by atoms with Crippen LogP contribution in [0.25, 0.3) is 10.9 Å². The van der Waals surface area contributed by atoms with E-state index in [1.54, 1.807) is 35.1 Å². The average Bonchev–Trinajstić information content (AvgIpc) is 3.45. The molecule has 1 amide bonds. The van der Waals surface area contributed by atoms with Crippen LogP contribution in [-0.4, -0.2) is 52.1 Å². The number of ketones is 1. The number of carbonyl (C=O) groups excluding carboxylic acids is 2. The molecule has 1 saturated carbocycles. The summed E-state index contributed by atoms with van der Waals surface area (Å²) in [5, 5.41) is 5.87. The zero-order valence-electron chi connectivity index (χ0n) is 22.9. The number of benzene rings is 3. The molecule has 0 unspecified atom stereocenters. The van der Waals surface area contributed by atoms with E-state index in [1.165, 1.54) is 75.5 Å². The Balaban J connectivity index is 0.000000166. The number of carbonyl (C=O) groups is 2. The minimum Gasteiger partial charge on any atom is -0.489 e. The Morgan fingerprint density at radius 3 is 2.41 bits per heavy atom. The first-order valence-corrected chi connectivity index (χ1v) is 14.4. The standard InChI is InChI=1S/C16H22ClNO.C16H12FN3O2/c17-15-12-13(4-3-11-18-9-1-2-10-18)5-8-16(15)19-14-6-7-14;17-13-4-1-10(2-5-13)8-20-9-12-7-11(15(21)16(18)22)3-6-14(12)19-20/h5,8,12,14H,1-4,6-7,9-11H2;1-7,9H,8H2,(H2,18,22). The Kier molecular flexibility index (Phi) is 9.31. The predicted octanol–water partition coefficient (Wildman–Crippen LogP) is 5.80. The van der Waals surface area contributed by atoms with Crippen molar-refractivity contribution in [2.45, 2.75) is 51.2 Å². The Hall–Kier alpha value is -3.75. The molecule has 2 heterocycles. The molecule has 2 N–H and O–H groups in total. The number of likely N-dealkylation sites (tertiary alicyclic amines) is 1. The first kappa shape index (κ1) is 28.8. The maximum absolute atomic E-state index is 12.9. The molecule has 4 aromatic rings. The number of nitrogens with zero attached hydrogens (tertiary/aromatic N) is 3. The highest BCUT2D eigenvalue weighted by molar-refractivity contribution is 6.42. The Morgan fingerprint density at radius 2 is 1.73 bits per heavy atom. The third kappa shape index (κ3) is 8.15. The summed E-state index contributed by atoms with van der Waals surface area (Å²) in [6, 6.07) is 17.2. The quantitative estimate of drug-likeness (QED) is 0.190. The van der Waals surface area contributed by atoms with E-state index in [0.717, 1.165) is 28.1 Å². The van der Waals surface area contributed by atoms with Crippen LogP contribution < -0.4 is 10.5 Å². The van der Waals surface area contributed by atoms with Gasteiger partial charge in [-0.3, -0.25) is 14.3 Å². The summed E-state index contributed by atoms with van der Waals surface area (Å²) in [6.45, 7) is 4.27. The number of hydrogen-bond acceptors (Lipinski definition) is 5. The fraction of sp³-hybridized carbons (Fsp3) is 0.344. The molecule has 1 aliphatic carbocycles. The van der Waals surface area contributed by atoms with Gasteiger partial charge < -0.3 is 15.4 Å². The van der Waals surface area contributed by atoms with Crippen molar-refractivity contribution in [3.05, 3.63) is 94.4 Å². The number of amides is 1. The van der Waals surface area contributed by atoms with E-state index in [0.29, 0.717) is 18.2 Å². The van der Waals surface area contributed by atoms with E-state index in [4.69, 9.17) is 22.1 Å². The van der Waals surface area contributed by atoms with E-state index in [-0.39, 0.29) is 11.4 Å². The summed E-state index contributed by atoms with van der Waals surface area (Å²) >= 11 is 6.27. The van der Waals surface area contributed by atoms with Gasteiger partial charge >= 0.3 is 0 Å². The molecular formula is C32H34ClFN4O3. The van der Waals surface area contributed by atoms with Gasteiger partial charge in [-0.2, -0.15) is 5.10 Å². The van der Waals surface area contributed by atoms with Crippen molar-refractivity contribution in [3.8, 4) is 5.75 Å². The largest absolute Gasteiger partial charge is 0.489 e. The Bertz CT molecular complexity index is 1510. The molecule has 0 radical (unpaired) electrons. The summed E-state index contributed by atoms with van der Waals surface area (Å²) in [7, 11) is 0. The number of fused-ring (bicyclic) bond motifs is 1. The SMILES string of the molecule is Clc1cc(CCCN2CCCC2)ccc1OC1CC1.NC(=O)C(=O)c1ccc2nn(Cc3ccc(F)cc3)cc2c1. The molecular weight excluding hydrogens is 543 g/mol. The molecule has 0 atom stereocenters. The van der Waals surface area contributed by atoms with E-state index in [1.807, 2.05) is 6.07 Å². The number of Topliss-reactive ketones (excluding diaryl/α,β-unsaturated/α-hetero) is 1. The van der Waals surface area contributed by atoms with Crippen molar-refractivity contribution >= 4 is 34.2 Å². The van der Waals surface area contributed by atoms with Gasteiger partial charge in [-0.15, -0.1) is 0 Å². The van der Waals surface area contributed by atoms with Gasteiger partial charge in [0.25, 0.3) is 5.91 Å². The van der Waals surface area contributed by atoms with Crippen molar-refractivity contribution in [3.63, 3.8) is 0 Å². The fourth-order valence-electron chi connectivity index (χ4n) is 4.89. The second-order valence-electron chi connectivity index (χ2n) is 10.7. The van der Waals surface area contributed by atoms with Gasteiger partial charge in [-0.25, -0.2) is 4.39 Å². The van der Waals surface area contributed by atoms with Gasteiger partial charge in [0.05, 0.1) is 23.2 Å². The van der Waals surface area contributed by atoms with Crippen LogP contribution in [0, 0.1) is 5.82 Å². The van der Waals surface area contributed by atoms with E-state index < -0.39 is 11.7 Å². The summed E-state index contributed by atoms with van der Waals surface area (Å²) in [6.07, 6.45) is 9.61. The maximum Gasteiger partial charge on any atom is 0.289 e. The lowest BCUT2D eigenvalue weighted by Gasteiger charge is -2.14. The predicted molar refractivity (Wildman–Crippen MR) is 158 cm³/mol. The topological polar surface area (TPSA) is 90.4 Å². The Labute approximate surface area is 244 Å². The van der Waals surface area contributed by atoms with Gasteiger partial charge in [0.1, 0.15) is 11.6 Å². The monoisotopic (exact) mass is 576 g/mol. The number of primary amides is 1. The third-order valence-corrected chi connectivity index (χ3v) is 7.54. The zero-order valence-corrected chi connectivity index (χ0v) is 23.7. The molecule has 41 heavy (non-hydrogen) atoms. The molecule has 2 aliphatic rings. The van der Waals surface area contributed by atoms with Crippen LogP contribution in [0.1, 0.15) is 53.6 Å². The molecule has 3 aromatic carbocycles. The second-order valence-corrected chi connectivity index (χ2v) is 11.1. The van der Waals surface area contributed by atoms with Gasteiger partial charge in [-0.05, 0) is 112 Å². The Morgan fingerprint density at radius 1 is 1.00 bits per heavy atom. The van der Waals surface area contributed by atoms with Crippen molar-refractivity contribution in [1.29, 1.82) is 0 Å². The molecule has 9 heteroatoms. The summed E-state index contributed by atoms with van der Waals surface area (Å²) in [5.41, 5.74) is 8.16. The molecule has 2 fully saturated rings. The number of halogens is 2. The minimum absolute atomic E-state index is 0.237. The number of aryl methyl sites for hydroxylation is 1. The van der Waals surface area contributed by atoms with Crippen molar-refractivity contribution in [1.82, 2.24) is 14.7 Å². The molecule has 7 nitrogen and oxygen atoms in total. The highest BCUT2D eigenvalue weighted by Crippen LogP contribution is 2.32. The molecule has 1 saturated heterocycles. The number of hydrogen-bond donors (Lipinski definition) is 1. The van der Waals surface area contributed by atoms with E-state index in [9.17, 15) is 14.0 Å². The lowest BCUT2D eigenvalue weighted by Crippen LogP contribution is -2.22. The summed E-state index contributed by atoms with van der Waals surface area (Å²) < 4.78 is 20.3. The van der Waals surface area contributed by atoms with Crippen molar-refractivity contribution in [2.24, 2.45) is 5.73 Å². The van der Waals surface area contributed by atoms with Gasteiger partial charge in [0.2, 0.25) is 5.78 Å². The number of ether oxygens (including phenoxy) is 1. The zero-order chi connectivity index (χ0) is 28.8. The lowest BCUT2D eigenvalue weighted by atomic mass is 10.1. The minimum atomic E-state index is -0.988. The molecule has 214 valence electrons. The molecule has 1 aliphatic heterocycles. The second kappa shape index (κ2) is 13.3. The maximum atomic E-state index is 12.9. The van der Waals surface area contributed by atoms with Crippen LogP contribution in [-0.2, 0) is 17.8 Å². The number of nitrogens with two attached hydrogens (primary N) is 1. The normalized spacial score (nSPS) is 15.0. The van der Waals surface area contributed by atoms with Gasteiger partial charge in [0, 0.05) is 17.1 Å². The molecule has 0 spiro atoms. The first-order valence-electron chi connectivity index (χ1n) is 14.1. The van der Waals surface area contributed by atoms with Crippen molar-refractivity contribution in [2.75, 3.05) is 19.6 Å². The average molecular weight is 577 g/mol. The highest BCUT2D eigenvalue weighted by atomic mass is 35.5. The van der Waals surface area contributed by atoms with Crippen LogP contribution in [0.5, 0.6) is 5.75 Å². The fourth-order valence-corrected chi connectivity index (χ4v) is 5.14. The number of aromatic nitrogens is 2. The van der Waals surface area contributed by atoms with E-state index >= 15 is 0 Å². The smallest absolute Gasteiger partial charge is 0.289 e. The van der Waals surface area contributed by atoms with E-state index in [2.05, 4.69) is 22.1 Å².